The number of nitrogens with two attached hydrogens (primary N) is 1. The summed E-state index contributed by atoms with van der Waals surface area (Å²) in [7, 11) is 0. The van der Waals surface area contributed by atoms with E-state index >= 15 is 0 Å². The van der Waals surface area contributed by atoms with Gasteiger partial charge in [0, 0.05) is 5.56 Å². The summed E-state index contributed by atoms with van der Waals surface area (Å²) in [5.41, 5.74) is 2.36. The van der Waals surface area contributed by atoms with Crippen LogP contribution in [0.25, 0.3) is 0 Å². The van der Waals surface area contributed by atoms with Crippen LogP contribution in [0.3, 0.4) is 0 Å². The van der Waals surface area contributed by atoms with Crippen molar-refractivity contribution >= 4 is 5.91 Å². The Kier molecular flexibility index (Phi) is 5.52. The van der Waals surface area contributed by atoms with Crippen LogP contribution in [0.4, 0.5) is 0 Å². The van der Waals surface area contributed by atoms with Crippen molar-refractivity contribution in [3.05, 3.63) is 71.8 Å². The highest BCUT2D eigenvalue weighted by atomic mass is 16.1. The summed E-state index contributed by atoms with van der Waals surface area (Å²) in [6.45, 7) is 4.56. The first-order chi connectivity index (χ1) is 10.2. The van der Waals surface area contributed by atoms with Gasteiger partial charge in [-0.3, -0.25) is 4.79 Å². The van der Waals surface area contributed by atoms with E-state index in [1.54, 1.807) is 0 Å². The second-order valence-electron chi connectivity index (χ2n) is 5.34. The average Bonchev–Trinajstić information content (AvgIpc) is 2.54. The summed E-state index contributed by atoms with van der Waals surface area (Å²) >= 11 is 0. The Hall–Kier alpha value is -2.13. The number of carbonyl (C=O) groups excluding carboxylic acids is 1. The molecule has 0 aliphatic carbocycles. The van der Waals surface area contributed by atoms with Gasteiger partial charge in [0.2, 0.25) is 0 Å². The molecule has 0 saturated carbocycles. The van der Waals surface area contributed by atoms with Gasteiger partial charge in [0.05, 0.1) is 6.04 Å². The van der Waals surface area contributed by atoms with Gasteiger partial charge in [-0.15, -0.1) is 0 Å². The van der Waals surface area contributed by atoms with Crippen molar-refractivity contribution in [1.82, 2.24) is 5.32 Å². The number of quaternary nitrogens is 1. The molecule has 2 aromatic carbocycles. The maximum Gasteiger partial charge on any atom is 0.275 e. The fraction of sp³-hybridized carbons (Fsp3) is 0.278. The van der Waals surface area contributed by atoms with Crippen molar-refractivity contribution in [3.63, 3.8) is 0 Å². The molecule has 2 unspecified atom stereocenters. The van der Waals surface area contributed by atoms with Crippen molar-refractivity contribution in [2.45, 2.75) is 25.9 Å². The van der Waals surface area contributed by atoms with Crippen molar-refractivity contribution in [2.24, 2.45) is 0 Å². The Labute approximate surface area is 126 Å². The van der Waals surface area contributed by atoms with E-state index in [-0.39, 0.29) is 18.0 Å². The SMILES string of the molecule is CC(NC(=O)C[NH2+]C(C)c1ccccc1)c1ccccc1. The van der Waals surface area contributed by atoms with Gasteiger partial charge in [-0.2, -0.15) is 0 Å². The maximum atomic E-state index is 12.0. The first-order valence-electron chi connectivity index (χ1n) is 7.39. The topological polar surface area (TPSA) is 45.7 Å². The van der Waals surface area contributed by atoms with E-state index in [9.17, 15) is 4.79 Å². The minimum atomic E-state index is 0.0409. The van der Waals surface area contributed by atoms with E-state index < -0.39 is 0 Å². The van der Waals surface area contributed by atoms with Crippen LogP contribution in [-0.4, -0.2) is 12.5 Å². The van der Waals surface area contributed by atoms with Gasteiger partial charge in [0.1, 0.15) is 6.04 Å². The number of hydrogen-bond donors (Lipinski definition) is 2. The Balaban J connectivity index is 1.80. The van der Waals surface area contributed by atoms with Gasteiger partial charge in [-0.05, 0) is 19.4 Å². The molecule has 0 bridgehead atoms. The van der Waals surface area contributed by atoms with Gasteiger partial charge in [-0.25, -0.2) is 0 Å². The van der Waals surface area contributed by atoms with Gasteiger partial charge in [-0.1, -0.05) is 60.7 Å². The molecule has 0 heterocycles. The monoisotopic (exact) mass is 283 g/mol. The first-order valence-corrected chi connectivity index (χ1v) is 7.39. The van der Waals surface area contributed by atoms with E-state index in [0.717, 1.165) is 5.56 Å². The number of carbonyl (C=O) groups is 1. The molecule has 110 valence electrons. The van der Waals surface area contributed by atoms with Crippen LogP contribution in [0, 0.1) is 0 Å². The zero-order chi connectivity index (χ0) is 15.1. The first kappa shape index (κ1) is 15.3. The normalized spacial score (nSPS) is 13.4. The summed E-state index contributed by atoms with van der Waals surface area (Å²) in [4.78, 5) is 12.0. The predicted molar refractivity (Wildman–Crippen MR) is 84.6 cm³/mol. The molecule has 2 aromatic rings. The Morgan fingerprint density at radius 1 is 0.952 bits per heavy atom. The largest absolute Gasteiger partial charge is 0.345 e. The summed E-state index contributed by atoms with van der Waals surface area (Å²) in [6.07, 6.45) is 0. The van der Waals surface area contributed by atoms with E-state index in [0.29, 0.717) is 6.54 Å². The summed E-state index contributed by atoms with van der Waals surface area (Å²) in [5, 5.41) is 5.09. The zero-order valence-corrected chi connectivity index (χ0v) is 12.6. The molecule has 3 heteroatoms. The molecule has 0 saturated heterocycles. The molecular weight excluding hydrogens is 260 g/mol. The molecule has 0 aliphatic rings. The molecule has 2 atom stereocenters. The van der Waals surface area contributed by atoms with Gasteiger partial charge >= 0.3 is 0 Å². The van der Waals surface area contributed by atoms with Crippen LogP contribution in [0.1, 0.15) is 37.1 Å². The minimum Gasteiger partial charge on any atom is -0.345 e. The van der Waals surface area contributed by atoms with Gasteiger partial charge < -0.3 is 10.6 Å². The number of benzene rings is 2. The lowest BCUT2D eigenvalue weighted by molar-refractivity contribution is -0.682. The van der Waals surface area contributed by atoms with Crippen molar-refractivity contribution in [3.8, 4) is 0 Å². The van der Waals surface area contributed by atoms with Crippen LogP contribution in [0.5, 0.6) is 0 Å². The van der Waals surface area contributed by atoms with Crippen LogP contribution >= 0.6 is 0 Å². The smallest absolute Gasteiger partial charge is 0.275 e. The Morgan fingerprint density at radius 2 is 1.48 bits per heavy atom. The number of amides is 1. The molecule has 0 spiro atoms. The van der Waals surface area contributed by atoms with Gasteiger partial charge in [0.15, 0.2) is 6.54 Å². The lowest BCUT2D eigenvalue weighted by Gasteiger charge is -2.15. The third-order valence-electron chi connectivity index (χ3n) is 3.66. The quantitative estimate of drug-likeness (QED) is 0.838. The highest BCUT2D eigenvalue weighted by Gasteiger charge is 2.13. The average molecular weight is 283 g/mol. The molecule has 0 fully saturated rings. The number of hydrogen-bond acceptors (Lipinski definition) is 1. The van der Waals surface area contributed by atoms with Crippen molar-refractivity contribution in [2.75, 3.05) is 6.54 Å². The van der Waals surface area contributed by atoms with Crippen molar-refractivity contribution in [1.29, 1.82) is 0 Å². The summed E-state index contributed by atoms with van der Waals surface area (Å²) in [6, 6.07) is 20.6. The molecule has 0 aliphatic heterocycles. The van der Waals surface area contributed by atoms with Crippen LogP contribution in [0.15, 0.2) is 60.7 Å². The van der Waals surface area contributed by atoms with Crippen LogP contribution in [0.2, 0.25) is 0 Å². The molecule has 3 N–H and O–H groups in total. The Morgan fingerprint density at radius 3 is 2.05 bits per heavy atom. The maximum absolute atomic E-state index is 12.0. The second kappa shape index (κ2) is 7.60. The number of rotatable bonds is 6. The highest BCUT2D eigenvalue weighted by molar-refractivity contribution is 5.77. The summed E-state index contributed by atoms with van der Waals surface area (Å²) < 4.78 is 0. The fourth-order valence-corrected chi connectivity index (χ4v) is 2.30. The third-order valence-corrected chi connectivity index (χ3v) is 3.66. The molecule has 0 aromatic heterocycles. The van der Waals surface area contributed by atoms with E-state index in [1.807, 2.05) is 55.5 Å². The lowest BCUT2D eigenvalue weighted by Crippen LogP contribution is -2.87. The van der Waals surface area contributed by atoms with Gasteiger partial charge in [0.25, 0.3) is 5.91 Å². The summed E-state index contributed by atoms with van der Waals surface area (Å²) in [5.74, 6) is 0.0640. The fourth-order valence-electron chi connectivity index (χ4n) is 2.30. The van der Waals surface area contributed by atoms with E-state index in [4.69, 9.17) is 0 Å². The van der Waals surface area contributed by atoms with Crippen LogP contribution in [-0.2, 0) is 4.79 Å². The molecule has 2 rings (SSSR count). The van der Waals surface area contributed by atoms with Crippen molar-refractivity contribution < 1.29 is 10.1 Å². The lowest BCUT2D eigenvalue weighted by atomic mass is 10.1. The molecule has 3 nitrogen and oxygen atoms in total. The van der Waals surface area contributed by atoms with E-state index in [1.165, 1.54) is 5.56 Å². The standard InChI is InChI=1S/C18H22N2O/c1-14(16-9-5-3-6-10-16)19-13-18(21)20-15(2)17-11-7-4-8-12-17/h3-12,14-15,19H,13H2,1-2H3,(H,20,21)/p+1. The Bertz CT molecular complexity index is 554. The van der Waals surface area contributed by atoms with E-state index in [2.05, 4.69) is 29.7 Å². The predicted octanol–water partition coefficient (Wildman–Crippen LogP) is 2.19. The molecule has 21 heavy (non-hydrogen) atoms. The third kappa shape index (κ3) is 4.72. The molecule has 0 radical (unpaired) electrons. The van der Waals surface area contributed by atoms with Crippen LogP contribution < -0.4 is 10.6 Å². The molecular formula is C18H23N2O+. The zero-order valence-electron chi connectivity index (χ0n) is 12.6. The second-order valence-corrected chi connectivity index (χ2v) is 5.34. The number of nitrogens with one attached hydrogen (secondary N) is 1. The minimum absolute atomic E-state index is 0.0409. The molecule has 1 amide bonds. The highest BCUT2D eigenvalue weighted by Crippen LogP contribution is 2.10.